The van der Waals surface area contributed by atoms with Crippen molar-refractivity contribution in [3.05, 3.63) is 83.9 Å². The molecule has 174 valence electrons. The third-order valence-electron chi connectivity index (χ3n) is 5.17. The number of rotatable bonds is 9. The monoisotopic (exact) mass is 475 g/mol. The first kappa shape index (κ1) is 23.2. The zero-order valence-corrected chi connectivity index (χ0v) is 19.7. The number of nitrogens with two attached hydrogens (primary N) is 1. The van der Waals surface area contributed by atoms with Crippen molar-refractivity contribution >= 4 is 23.4 Å². The molecule has 0 aliphatic rings. The average molecular weight is 476 g/mol. The van der Waals surface area contributed by atoms with Crippen molar-refractivity contribution < 1.29 is 14.3 Å². The summed E-state index contributed by atoms with van der Waals surface area (Å²) < 4.78 is 12.0. The van der Waals surface area contributed by atoms with E-state index in [2.05, 4.69) is 27.6 Å². The highest BCUT2D eigenvalue weighted by Crippen LogP contribution is 2.32. The third-order valence-corrected chi connectivity index (χ3v) is 6.11. The zero-order valence-electron chi connectivity index (χ0n) is 18.9. The van der Waals surface area contributed by atoms with Gasteiger partial charge >= 0.3 is 0 Å². The number of nitrogen functional groups attached to an aromatic ring is 1. The quantitative estimate of drug-likeness (QED) is 0.279. The summed E-state index contributed by atoms with van der Waals surface area (Å²) in [6.45, 7) is 0. The lowest BCUT2D eigenvalue weighted by Crippen LogP contribution is -2.17. The molecule has 1 heterocycles. The molecule has 0 unspecified atom stereocenters. The molecule has 4 aromatic rings. The van der Waals surface area contributed by atoms with Crippen LogP contribution in [0, 0.1) is 0 Å². The molecule has 1 amide bonds. The highest BCUT2D eigenvalue weighted by molar-refractivity contribution is 7.99. The van der Waals surface area contributed by atoms with Crippen molar-refractivity contribution in [2.45, 2.75) is 11.6 Å². The normalized spacial score (nSPS) is 10.6. The van der Waals surface area contributed by atoms with Crippen LogP contribution in [0.2, 0.25) is 0 Å². The molecule has 0 bridgehead atoms. The molecule has 0 fully saturated rings. The first-order chi connectivity index (χ1) is 16.6. The van der Waals surface area contributed by atoms with Crippen LogP contribution >= 0.6 is 11.8 Å². The third kappa shape index (κ3) is 5.32. The summed E-state index contributed by atoms with van der Waals surface area (Å²) in [5, 5.41) is 11.7. The first-order valence-electron chi connectivity index (χ1n) is 10.6. The summed E-state index contributed by atoms with van der Waals surface area (Å²) in [6, 6.07) is 23.3. The summed E-state index contributed by atoms with van der Waals surface area (Å²) in [5.74, 6) is 7.82. The number of para-hydroxylation sites is 1. The predicted octanol–water partition coefficient (Wildman–Crippen LogP) is 4.00. The first-order valence-corrected chi connectivity index (χ1v) is 11.5. The SMILES string of the molecule is COc1ccc(-c2nnc(SCC(=O)Nc3ccccc3Cc3ccccc3)n2N)cc1OC. The molecule has 0 radical (unpaired) electrons. The number of nitrogens with one attached hydrogen (secondary N) is 1. The lowest BCUT2D eigenvalue weighted by Gasteiger charge is -2.11. The van der Waals surface area contributed by atoms with Crippen molar-refractivity contribution in [1.29, 1.82) is 0 Å². The van der Waals surface area contributed by atoms with Gasteiger partial charge in [0.25, 0.3) is 0 Å². The fourth-order valence-corrected chi connectivity index (χ4v) is 4.13. The van der Waals surface area contributed by atoms with E-state index < -0.39 is 0 Å². The molecule has 3 N–H and O–H groups in total. The van der Waals surface area contributed by atoms with Crippen LogP contribution in [-0.4, -0.2) is 40.8 Å². The number of amides is 1. The Morgan fingerprint density at radius 3 is 2.47 bits per heavy atom. The van der Waals surface area contributed by atoms with E-state index in [-0.39, 0.29) is 11.7 Å². The minimum atomic E-state index is -0.152. The fraction of sp³-hybridized carbons (Fsp3) is 0.160. The van der Waals surface area contributed by atoms with Gasteiger partial charge in [0.05, 0.1) is 20.0 Å². The van der Waals surface area contributed by atoms with Crippen LogP contribution in [0.3, 0.4) is 0 Å². The number of aromatic nitrogens is 3. The lowest BCUT2D eigenvalue weighted by molar-refractivity contribution is -0.113. The molecule has 0 aliphatic carbocycles. The largest absolute Gasteiger partial charge is 0.493 e. The molecule has 4 rings (SSSR count). The summed E-state index contributed by atoms with van der Waals surface area (Å²) in [5.41, 5.74) is 3.73. The minimum absolute atomic E-state index is 0.140. The van der Waals surface area contributed by atoms with Gasteiger partial charge in [0.1, 0.15) is 0 Å². The molecule has 8 nitrogen and oxygen atoms in total. The van der Waals surface area contributed by atoms with Gasteiger partial charge in [0, 0.05) is 11.3 Å². The molecule has 34 heavy (non-hydrogen) atoms. The molecule has 1 aromatic heterocycles. The van der Waals surface area contributed by atoms with Gasteiger partial charge in [-0.15, -0.1) is 10.2 Å². The summed E-state index contributed by atoms with van der Waals surface area (Å²) >= 11 is 1.21. The predicted molar refractivity (Wildman–Crippen MR) is 134 cm³/mol. The van der Waals surface area contributed by atoms with E-state index in [0.717, 1.165) is 23.2 Å². The van der Waals surface area contributed by atoms with Gasteiger partial charge in [-0.25, -0.2) is 4.68 Å². The number of carbonyl (C=O) groups excluding carboxylic acids is 1. The fourth-order valence-electron chi connectivity index (χ4n) is 3.48. The number of ether oxygens (including phenoxy) is 2. The molecule has 9 heteroatoms. The summed E-state index contributed by atoms with van der Waals surface area (Å²) in [4.78, 5) is 12.7. The second-order valence-corrected chi connectivity index (χ2v) is 8.34. The smallest absolute Gasteiger partial charge is 0.234 e. The highest BCUT2D eigenvalue weighted by Gasteiger charge is 2.16. The lowest BCUT2D eigenvalue weighted by atomic mass is 10.0. The van der Waals surface area contributed by atoms with Gasteiger partial charge in [0.15, 0.2) is 17.3 Å². The van der Waals surface area contributed by atoms with E-state index in [4.69, 9.17) is 15.3 Å². The van der Waals surface area contributed by atoms with E-state index in [9.17, 15) is 4.79 Å². The summed E-state index contributed by atoms with van der Waals surface area (Å²) in [7, 11) is 3.13. The Labute approximate surface area is 202 Å². The number of methoxy groups -OCH3 is 2. The number of hydrogen-bond donors (Lipinski definition) is 2. The highest BCUT2D eigenvalue weighted by atomic mass is 32.2. The molecular weight excluding hydrogens is 450 g/mol. The Balaban J connectivity index is 1.42. The van der Waals surface area contributed by atoms with Crippen LogP contribution < -0.4 is 20.6 Å². The second kappa shape index (κ2) is 10.8. The van der Waals surface area contributed by atoms with E-state index in [0.29, 0.717) is 22.5 Å². The number of nitrogens with zero attached hydrogens (tertiary/aromatic N) is 3. The minimum Gasteiger partial charge on any atom is -0.493 e. The van der Waals surface area contributed by atoms with Gasteiger partial charge in [-0.3, -0.25) is 4.79 Å². The number of hydrogen-bond acceptors (Lipinski definition) is 7. The van der Waals surface area contributed by atoms with Gasteiger partial charge in [0.2, 0.25) is 11.1 Å². The Morgan fingerprint density at radius 1 is 0.971 bits per heavy atom. The van der Waals surface area contributed by atoms with Crippen molar-refractivity contribution in [2.24, 2.45) is 0 Å². The molecule has 0 atom stereocenters. The van der Waals surface area contributed by atoms with Crippen molar-refractivity contribution in [2.75, 3.05) is 31.1 Å². The van der Waals surface area contributed by atoms with Crippen molar-refractivity contribution in [3.8, 4) is 22.9 Å². The average Bonchev–Trinajstić information content (AvgIpc) is 3.24. The molecule has 0 spiro atoms. The maximum absolute atomic E-state index is 12.7. The van der Waals surface area contributed by atoms with E-state index in [1.54, 1.807) is 26.4 Å². The Bertz CT molecular complexity index is 1280. The van der Waals surface area contributed by atoms with Crippen LogP contribution in [0.25, 0.3) is 11.4 Å². The Morgan fingerprint density at radius 2 is 1.71 bits per heavy atom. The van der Waals surface area contributed by atoms with Crippen LogP contribution in [0.15, 0.2) is 78.0 Å². The van der Waals surface area contributed by atoms with Crippen molar-refractivity contribution in [1.82, 2.24) is 14.9 Å². The molecule has 0 saturated carbocycles. The standard InChI is InChI=1S/C25H25N5O3S/c1-32-21-13-12-19(15-22(21)33-2)24-28-29-25(30(24)26)34-16-23(31)27-20-11-7-6-10-18(20)14-17-8-4-3-5-9-17/h3-13,15H,14,16,26H2,1-2H3,(H,27,31). The zero-order chi connectivity index (χ0) is 23.9. The van der Waals surface area contributed by atoms with E-state index >= 15 is 0 Å². The molecule has 0 saturated heterocycles. The van der Waals surface area contributed by atoms with Crippen LogP contribution in [0.5, 0.6) is 11.5 Å². The van der Waals surface area contributed by atoms with Gasteiger partial charge < -0.3 is 20.6 Å². The topological polar surface area (TPSA) is 104 Å². The second-order valence-electron chi connectivity index (χ2n) is 7.40. The maximum atomic E-state index is 12.7. The Kier molecular flexibility index (Phi) is 7.34. The molecular formula is C25H25N5O3S. The van der Waals surface area contributed by atoms with Gasteiger partial charge in [-0.2, -0.15) is 0 Å². The number of thioether (sulfide) groups is 1. The van der Waals surface area contributed by atoms with Crippen LogP contribution in [-0.2, 0) is 11.2 Å². The number of carbonyl (C=O) groups is 1. The van der Waals surface area contributed by atoms with Gasteiger partial charge in [-0.05, 0) is 41.8 Å². The van der Waals surface area contributed by atoms with Crippen LogP contribution in [0.1, 0.15) is 11.1 Å². The number of anilines is 1. The van der Waals surface area contributed by atoms with E-state index in [1.807, 2.05) is 48.5 Å². The Hall–Kier alpha value is -3.98. The molecule has 0 aliphatic heterocycles. The van der Waals surface area contributed by atoms with E-state index in [1.165, 1.54) is 22.0 Å². The van der Waals surface area contributed by atoms with Crippen LogP contribution in [0.4, 0.5) is 5.69 Å². The van der Waals surface area contributed by atoms with Gasteiger partial charge in [-0.1, -0.05) is 60.3 Å². The maximum Gasteiger partial charge on any atom is 0.234 e. The van der Waals surface area contributed by atoms with Crippen molar-refractivity contribution in [3.63, 3.8) is 0 Å². The molecule has 3 aromatic carbocycles. The summed E-state index contributed by atoms with van der Waals surface area (Å²) in [6.07, 6.45) is 0.732. The number of benzene rings is 3.